The van der Waals surface area contributed by atoms with E-state index >= 15 is 0 Å². The fraction of sp³-hybridized carbons (Fsp3) is 0.500. The van der Waals surface area contributed by atoms with Crippen LogP contribution in [0.5, 0.6) is 0 Å². The number of nitrogens with zero attached hydrogens (tertiary/aromatic N) is 1. The summed E-state index contributed by atoms with van der Waals surface area (Å²) in [6.45, 7) is 0. The van der Waals surface area contributed by atoms with Crippen molar-refractivity contribution in [2.75, 3.05) is 0 Å². The van der Waals surface area contributed by atoms with Gasteiger partial charge in [-0.1, -0.05) is 6.42 Å². The van der Waals surface area contributed by atoms with Gasteiger partial charge in [-0.25, -0.2) is 13.9 Å². The summed E-state index contributed by atoms with van der Waals surface area (Å²) in [5.74, 6) is -0.454. The van der Waals surface area contributed by atoms with E-state index in [1.165, 1.54) is 4.31 Å². The maximum Gasteiger partial charge on any atom is 0.261 e. The number of rotatable bonds is 3. The molecule has 1 aliphatic carbocycles. The zero-order valence-corrected chi connectivity index (χ0v) is 14.7. The van der Waals surface area contributed by atoms with Crippen LogP contribution >= 0.6 is 22.6 Å². The van der Waals surface area contributed by atoms with Crippen molar-refractivity contribution in [2.24, 2.45) is 5.92 Å². The van der Waals surface area contributed by atoms with E-state index in [0.29, 0.717) is 6.42 Å². The highest BCUT2D eigenvalue weighted by molar-refractivity contribution is 14.1. The van der Waals surface area contributed by atoms with Crippen LogP contribution < -0.4 is 5.48 Å². The van der Waals surface area contributed by atoms with Gasteiger partial charge in [-0.2, -0.15) is 4.31 Å². The van der Waals surface area contributed by atoms with Crippen LogP contribution in [0.3, 0.4) is 0 Å². The molecule has 0 spiro atoms. The van der Waals surface area contributed by atoms with Gasteiger partial charge in [0.15, 0.2) is 0 Å². The second-order valence-electron chi connectivity index (χ2n) is 5.77. The number of hydrogen-bond donors (Lipinski definition) is 2. The summed E-state index contributed by atoms with van der Waals surface area (Å²) in [5.41, 5.74) is 1.61. The summed E-state index contributed by atoms with van der Waals surface area (Å²) < 4.78 is 28.2. The smallest absolute Gasteiger partial charge is 0.261 e. The largest absolute Gasteiger partial charge is 0.289 e. The number of carbonyl (C=O) groups excluding carboxylic acids is 1. The number of fused-ring (bicyclic) bond motifs is 1. The van der Waals surface area contributed by atoms with Crippen molar-refractivity contribution in [1.29, 1.82) is 0 Å². The number of hydrogen-bond acceptors (Lipinski definition) is 4. The highest BCUT2D eigenvalue weighted by Gasteiger charge is 2.51. The second kappa shape index (κ2) is 6.06. The molecule has 1 saturated carbocycles. The molecule has 0 bridgehead atoms. The van der Waals surface area contributed by atoms with Crippen molar-refractivity contribution in [3.05, 3.63) is 27.8 Å². The molecule has 6 nitrogen and oxygen atoms in total. The molecule has 8 heteroatoms. The van der Waals surface area contributed by atoms with E-state index in [1.807, 2.05) is 0 Å². The molecule has 1 amide bonds. The number of benzene rings is 1. The number of halogens is 1. The first kappa shape index (κ1) is 16.2. The predicted octanol–water partition coefficient (Wildman–Crippen LogP) is 1.73. The van der Waals surface area contributed by atoms with Crippen LogP contribution in [0.4, 0.5) is 0 Å². The molecule has 3 atom stereocenters. The lowest BCUT2D eigenvalue weighted by Crippen LogP contribution is -2.48. The van der Waals surface area contributed by atoms with Gasteiger partial charge in [-0.15, -0.1) is 0 Å². The zero-order chi connectivity index (χ0) is 15.9. The molecule has 3 rings (SSSR count). The topological polar surface area (TPSA) is 86.7 Å². The number of hydroxylamine groups is 1. The van der Waals surface area contributed by atoms with Gasteiger partial charge in [0.05, 0.1) is 4.90 Å². The predicted molar refractivity (Wildman–Crippen MR) is 87.6 cm³/mol. The maximum absolute atomic E-state index is 13.0. The monoisotopic (exact) mass is 436 g/mol. The van der Waals surface area contributed by atoms with Gasteiger partial charge in [0.25, 0.3) is 5.91 Å². The Morgan fingerprint density at radius 3 is 2.59 bits per heavy atom. The lowest BCUT2D eigenvalue weighted by atomic mass is 10.0. The Morgan fingerprint density at radius 1 is 1.27 bits per heavy atom. The molecule has 2 fully saturated rings. The molecular weight excluding hydrogens is 419 g/mol. The second-order valence-corrected chi connectivity index (χ2v) is 8.86. The third kappa shape index (κ3) is 2.66. The van der Waals surface area contributed by atoms with Gasteiger partial charge in [-0.3, -0.25) is 10.0 Å². The summed E-state index contributed by atoms with van der Waals surface area (Å²) in [6.07, 6.45) is 3.14. The number of carbonyl (C=O) groups is 1. The van der Waals surface area contributed by atoms with E-state index in [-0.39, 0.29) is 16.9 Å². The average molecular weight is 436 g/mol. The van der Waals surface area contributed by atoms with Crippen molar-refractivity contribution in [1.82, 2.24) is 9.79 Å². The highest BCUT2D eigenvalue weighted by atomic mass is 127. The van der Waals surface area contributed by atoms with E-state index in [0.717, 1.165) is 22.8 Å². The molecule has 0 aromatic heterocycles. The minimum Gasteiger partial charge on any atom is -0.289 e. The molecule has 1 heterocycles. The first-order valence-corrected chi connectivity index (χ1v) is 9.70. The summed E-state index contributed by atoms with van der Waals surface area (Å²) in [5, 5.41) is 8.93. The van der Waals surface area contributed by atoms with Gasteiger partial charge in [-0.05, 0) is 72.0 Å². The van der Waals surface area contributed by atoms with Crippen molar-refractivity contribution in [3.63, 3.8) is 0 Å². The molecule has 1 aromatic rings. The normalized spacial score (nSPS) is 28.5. The Morgan fingerprint density at radius 2 is 1.95 bits per heavy atom. The Labute approximate surface area is 143 Å². The van der Waals surface area contributed by atoms with Crippen LogP contribution in [-0.4, -0.2) is 35.9 Å². The molecule has 1 aliphatic heterocycles. The maximum atomic E-state index is 13.0. The van der Waals surface area contributed by atoms with Crippen molar-refractivity contribution in [2.45, 2.75) is 42.7 Å². The van der Waals surface area contributed by atoms with Gasteiger partial charge < -0.3 is 0 Å². The van der Waals surface area contributed by atoms with E-state index in [2.05, 4.69) is 22.6 Å². The molecule has 1 aromatic carbocycles. The highest BCUT2D eigenvalue weighted by Crippen LogP contribution is 2.44. The molecule has 120 valence electrons. The molecular formula is C14H17IN2O4S. The van der Waals surface area contributed by atoms with E-state index in [9.17, 15) is 13.2 Å². The van der Waals surface area contributed by atoms with Crippen LogP contribution in [-0.2, 0) is 14.8 Å². The minimum atomic E-state index is -3.76. The van der Waals surface area contributed by atoms with E-state index in [1.54, 1.807) is 29.7 Å². The molecule has 22 heavy (non-hydrogen) atoms. The first-order chi connectivity index (χ1) is 10.4. The molecule has 1 unspecified atom stereocenters. The lowest BCUT2D eigenvalue weighted by molar-refractivity contribution is -0.132. The van der Waals surface area contributed by atoms with Crippen molar-refractivity contribution >= 4 is 38.5 Å². The Kier molecular flexibility index (Phi) is 4.45. The van der Waals surface area contributed by atoms with Gasteiger partial charge in [0.1, 0.15) is 6.04 Å². The van der Waals surface area contributed by atoms with Gasteiger partial charge in [0.2, 0.25) is 10.0 Å². The van der Waals surface area contributed by atoms with Crippen molar-refractivity contribution in [3.8, 4) is 0 Å². The summed E-state index contributed by atoms with van der Waals surface area (Å²) in [4.78, 5) is 12.1. The van der Waals surface area contributed by atoms with Crippen LogP contribution in [0.2, 0.25) is 0 Å². The number of sulfonamides is 1. The van der Waals surface area contributed by atoms with Crippen LogP contribution in [0.25, 0.3) is 0 Å². The summed E-state index contributed by atoms with van der Waals surface area (Å²) >= 11 is 2.11. The number of nitrogens with one attached hydrogen (secondary N) is 1. The zero-order valence-electron chi connectivity index (χ0n) is 11.8. The third-order valence-electron chi connectivity index (χ3n) is 4.58. The lowest BCUT2D eigenvalue weighted by Gasteiger charge is -2.27. The Balaban J connectivity index is 2.01. The van der Waals surface area contributed by atoms with Crippen LogP contribution in [0, 0.1) is 9.49 Å². The van der Waals surface area contributed by atoms with Gasteiger partial charge in [0, 0.05) is 9.61 Å². The van der Waals surface area contributed by atoms with E-state index in [4.69, 9.17) is 5.21 Å². The third-order valence-corrected chi connectivity index (χ3v) is 7.25. The fourth-order valence-electron chi connectivity index (χ4n) is 3.62. The first-order valence-electron chi connectivity index (χ1n) is 7.18. The van der Waals surface area contributed by atoms with Crippen LogP contribution in [0.1, 0.15) is 25.7 Å². The Hall–Kier alpha value is -0.710. The molecule has 2 N–H and O–H groups in total. The average Bonchev–Trinajstić information content (AvgIpc) is 3.06. The van der Waals surface area contributed by atoms with Gasteiger partial charge >= 0.3 is 0 Å². The quantitative estimate of drug-likeness (QED) is 0.430. The van der Waals surface area contributed by atoms with E-state index < -0.39 is 22.0 Å². The molecule has 1 saturated heterocycles. The standard InChI is InChI=1S/C14H17IN2O4S/c15-10-4-6-11(7-5-10)22(20,21)17-12-3-1-2-9(12)8-13(17)14(18)16-19/h4-7,9,12-13,19H,1-3,8H2,(H,16,18)/t9-,12-,13?/m1/s1. The van der Waals surface area contributed by atoms with Crippen molar-refractivity contribution < 1.29 is 18.4 Å². The minimum absolute atomic E-state index is 0.147. The summed E-state index contributed by atoms with van der Waals surface area (Å²) in [7, 11) is -3.76. The van der Waals surface area contributed by atoms with Crippen LogP contribution in [0.15, 0.2) is 29.2 Å². The number of amides is 1. The Bertz CT molecular complexity index is 677. The molecule has 2 aliphatic rings. The fourth-order valence-corrected chi connectivity index (χ4v) is 5.85. The SMILES string of the molecule is O=C(NO)C1C[C@H]2CCC[C@H]2N1S(=O)(=O)c1ccc(I)cc1. The molecule has 0 radical (unpaired) electrons. The summed E-state index contributed by atoms with van der Waals surface area (Å²) in [6, 6.07) is 5.62.